The first-order valence-electron chi connectivity index (χ1n) is 6.78. The monoisotopic (exact) mass is 325 g/mol. The van der Waals surface area contributed by atoms with Gasteiger partial charge in [0.05, 0.1) is 11.9 Å². The summed E-state index contributed by atoms with van der Waals surface area (Å²) in [6.07, 6.45) is 0. The van der Waals surface area contributed by atoms with Crippen LogP contribution in [0.5, 0.6) is 0 Å². The van der Waals surface area contributed by atoms with E-state index in [9.17, 15) is 29.4 Å². The number of amides is 1. The van der Waals surface area contributed by atoms with Crippen molar-refractivity contribution < 1.29 is 29.4 Å². The van der Waals surface area contributed by atoms with Crippen molar-refractivity contribution >= 4 is 29.3 Å². The zero-order chi connectivity index (χ0) is 17.9. The molecule has 0 aliphatic rings. The lowest BCUT2D eigenvalue weighted by atomic mass is 10.0. The fourth-order valence-electron chi connectivity index (χ4n) is 2.05. The van der Waals surface area contributed by atoms with Crippen LogP contribution in [-0.4, -0.2) is 23.6 Å². The first-order chi connectivity index (χ1) is 11.3. The Kier molecular flexibility index (Phi) is 4.74. The highest BCUT2D eigenvalue weighted by atomic mass is 16.4. The lowest BCUT2D eigenvalue weighted by molar-refractivity contribution is -0.255. The van der Waals surface area contributed by atoms with Crippen LogP contribution in [0.4, 0.5) is 5.69 Å². The normalized spacial score (nSPS) is 10.0. The van der Waals surface area contributed by atoms with E-state index >= 15 is 0 Å². The Morgan fingerprint density at radius 2 is 1.54 bits per heavy atom. The molecule has 0 saturated heterocycles. The number of Topliss-reactive ketones (excluding diaryl/α,β-unsaturated/α-hetero) is 1. The Morgan fingerprint density at radius 3 is 2.12 bits per heavy atom. The van der Waals surface area contributed by atoms with Gasteiger partial charge in [-0.15, -0.1) is 0 Å². The summed E-state index contributed by atoms with van der Waals surface area (Å²) >= 11 is 0. The fourth-order valence-corrected chi connectivity index (χ4v) is 2.05. The molecule has 0 aromatic heterocycles. The van der Waals surface area contributed by atoms with Crippen molar-refractivity contribution in [3.8, 4) is 0 Å². The number of anilines is 1. The van der Waals surface area contributed by atoms with E-state index in [2.05, 4.69) is 5.32 Å². The van der Waals surface area contributed by atoms with Crippen molar-refractivity contribution in [1.82, 2.24) is 0 Å². The van der Waals surface area contributed by atoms with Crippen LogP contribution in [0, 0.1) is 0 Å². The van der Waals surface area contributed by atoms with Crippen molar-refractivity contribution in [2.75, 3.05) is 5.32 Å². The van der Waals surface area contributed by atoms with Gasteiger partial charge in [-0.25, -0.2) is 0 Å². The Hall–Kier alpha value is -3.48. The average molecular weight is 325 g/mol. The van der Waals surface area contributed by atoms with Crippen molar-refractivity contribution in [3.63, 3.8) is 0 Å². The van der Waals surface area contributed by atoms with Crippen LogP contribution < -0.4 is 15.5 Å². The van der Waals surface area contributed by atoms with E-state index in [0.29, 0.717) is 11.3 Å². The van der Waals surface area contributed by atoms with E-state index in [4.69, 9.17) is 0 Å². The maximum atomic E-state index is 12.3. The topological polar surface area (TPSA) is 126 Å². The third kappa shape index (κ3) is 3.64. The molecule has 0 atom stereocenters. The third-order valence-electron chi connectivity index (χ3n) is 3.25. The average Bonchev–Trinajstić information content (AvgIpc) is 2.54. The van der Waals surface area contributed by atoms with Crippen LogP contribution in [0.2, 0.25) is 0 Å². The summed E-state index contributed by atoms with van der Waals surface area (Å²) in [4.78, 5) is 45.5. The minimum absolute atomic E-state index is 0.195. The van der Waals surface area contributed by atoms with Gasteiger partial charge in [0.15, 0.2) is 5.78 Å². The fraction of sp³-hybridized carbons (Fsp3) is 0.0588. The molecule has 2 rings (SSSR count). The second-order valence-electron chi connectivity index (χ2n) is 4.93. The molecule has 7 heteroatoms. The molecular formula is C17H11NO6-2. The summed E-state index contributed by atoms with van der Waals surface area (Å²) < 4.78 is 0. The number of carbonyl (C=O) groups excluding carboxylic acids is 4. The number of ketones is 1. The molecule has 7 nitrogen and oxygen atoms in total. The second kappa shape index (κ2) is 6.74. The van der Waals surface area contributed by atoms with Gasteiger partial charge in [0.2, 0.25) is 0 Å². The number of rotatable bonds is 5. The summed E-state index contributed by atoms with van der Waals surface area (Å²) in [7, 11) is 0. The molecule has 0 heterocycles. The third-order valence-corrected chi connectivity index (χ3v) is 3.25. The molecule has 122 valence electrons. The molecule has 2 aromatic carbocycles. The summed E-state index contributed by atoms with van der Waals surface area (Å²) in [5.74, 6) is -4.24. The van der Waals surface area contributed by atoms with Gasteiger partial charge in [-0.05, 0) is 36.8 Å². The first-order valence-corrected chi connectivity index (χ1v) is 6.78. The molecule has 2 aromatic rings. The number of carbonyl (C=O) groups is 4. The Bertz CT molecular complexity index is 856. The van der Waals surface area contributed by atoms with Crippen LogP contribution in [0.1, 0.15) is 48.4 Å². The smallest absolute Gasteiger partial charge is 0.256 e. The largest absolute Gasteiger partial charge is 0.545 e. The van der Waals surface area contributed by atoms with Crippen LogP contribution in [0.25, 0.3) is 0 Å². The number of hydrogen-bond donors (Lipinski definition) is 1. The molecule has 0 unspecified atom stereocenters. The lowest BCUT2D eigenvalue weighted by Gasteiger charge is -2.13. The minimum atomic E-state index is -1.69. The van der Waals surface area contributed by atoms with E-state index in [1.165, 1.54) is 19.1 Å². The predicted octanol–water partition coefficient (Wildman–Crippen LogP) is -0.132. The SMILES string of the molecule is CC(=O)c1cccc(NC(=O)c2ccc(C(=O)[O-])cc2C(=O)[O-])c1. The Balaban J connectivity index is 2.36. The number of benzene rings is 2. The van der Waals surface area contributed by atoms with Gasteiger partial charge < -0.3 is 25.1 Å². The van der Waals surface area contributed by atoms with Crippen LogP contribution in [0.3, 0.4) is 0 Å². The highest BCUT2D eigenvalue weighted by Gasteiger charge is 2.14. The number of carboxylic acid groups (broad SMARTS) is 2. The summed E-state index contributed by atoms with van der Waals surface area (Å²) in [5.41, 5.74) is -0.560. The summed E-state index contributed by atoms with van der Waals surface area (Å²) in [6, 6.07) is 9.01. The molecular weight excluding hydrogens is 314 g/mol. The quantitative estimate of drug-likeness (QED) is 0.763. The number of hydrogen-bond acceptors (Lipinski definition) is 6. The zero-order valence-corrected chi connectivity index (χ0v) is 12.5. The molecule has 1 N–H and O–H groups in total. The number of nitrogens with one attached hydrogen (secondary N) is 1. The molecule has 0 radical (unpaired) electrons. The standard InChI is InChI=1S/C17H13NO6/c1-9(19)10-3-2-4-12(7-10)18-15(20)13-6-5-11(16(21)22)8-14(13)17(23)24/h2-8H,1H3,(H,18,20)(H,21,22)(H,23,24)/p-2. The van der Waals surface area contributed by atoms with Crippen LogP contribution in [-0.2, 0) is 0 Å². The number of carboxylic acids is 2. The maximum absolute atomic E-state index is 12.3. The van der Waals surface area contributed by atoms with Gasteiger partial charge in [-0.1, -0.05) is 18.2 Å². The van der Waals surface area contributed by atoms with Gasteiger partial charge >= 0.3 is 0 Å². The molecule has 0 bridgehead atoms. The van der Waals surface area contributed by atoms with Gasteiger partial charge in [0.25, 0.3) is 5.91 Å². The molecule has 0 aliphatic heterocycles. The second-order valence-corrected chi connectivity index (χ2v) is 4.93. The zero-order valence-electron chi connectivity index (χ0n) is 12.5. The maximum Gasteiger partial charge on any atom is 0.256 e. The van der Waals surface area contributed by atoms with Gasteiger partial charge in [0.1, 0.15) is 0 Å². The summed E-state index contributed by atoms with van der Waals surface area (Å²) in [5, 5.41) is 24.4. The van der Waals surface area contributed by atoms with Crippen LogP contribution >= 0.6 is 0 Å². The van der Waals surface area contributed by atoms with E-state index in [1.807, 2.05) is 0 Å². The van der Waals surface area contributed by atoms with E-state index < -0.39 is 23.4 Å². The molecule has 0 fully saturated rings. The van der Waals surface area contributed by atoms with E-state index in [-0.39, 0.29) is 16.9 Å². The van der Waals surface area contributed by atoms with Crippen LogP contribution in [0.15, 0.2) is 42.5 Å². The minimum Gasteiger partial charge on any atom is -0.545 e. The molecule has 0 spiro atoms. The predicted molar refractivity (Wildman–Crippen MR) is 79.5 cm³/mol. The molecule has 1 amide bonds. The van der Waals surface area contributed by atoms with Crippen molar-refractivity contribution in [2.24, 2.45) is 0 Å². The van der Waals surface area contributed by atoms with E-state index in [1.54, 1.807) is 12.1 Å². The lowest BCUT2D eigenvalue weighted by Crippen LogP contribution is -2.28. The highest BCUT2D eigenvalue weighted by molar-refractivity contribution is 6.11. The van der Waals surface area contributed by atoms with Crippen molar-refractivity contribution in [2.45, 2.75) is 6.92 Å². The highest BCUT2D eigenvalue weighted by Crippen LogP contribution is 2.16. The van der Waals surface area contributed by atoms with Gasteiger partial charge in [0, 0.05) is 22.4 Å². The number of aromatic carboxylic acids is 2. The Morgan fingerprint density at radius 1 is 0.833 bits per heavy atom. The van der Waals surface area contributed by atoms with Gasteiger partial charge in [-0.2, -0.15) is 0 Å². The first kappa shape index (κ1) is 16.9. The van der Waals surface area contributed by atoms with Gasteiger partial charge in [-0.3, -0.25) is 9.59 Å². The Labute approximate surface area is 136 Å². The summed E-state index contributed by atoms with van der Waals surface area (Å²) in [6.45, 7) is 1.37. The molecule has 0 saturated carbocycles. The van der Waals surface area contributed by atoms with Crippen molar-refractivity contribution in [1.29, 1.82) is 0 Å². The molecule has 24 heavy (non-hydrogen) atoms. The van der Waals surface area contributed by atoms with E-state index in [0.717, 1.165) is 18.2 Å². The molecule has 0 aliphatic carbocycles. The van der Waals surface area contributed by atoms with Crippen molar-refractivity contribution in [3.05, 3.63) is 64.7 Å².